The molecule has 1 saturated heterocycles. The average molecular weight is 536 g/mol. The zero-order valence-corrected chi connectivity index (χ0v) is 22.0. The minimum Gasteiger partial charge on any atom is -0.351 e. The van der Waals surface area contributed by atoms with E-state index in [1.807, 2.05) is 18.5 Å². The Bertz CT molecular complexity index is 1230. The van der Waals surface area contributed by atoms with Crippen LogP contribution >= 0.6 is 23.8 Å². The van der Waals surface area contributed by atoms with E-state index in [9.17, 15) is 4.79 Å². The Morgan fingerprint density at radius 2 is 1.86 bits per heavy atom. The Kier molecular flexibility index (Phi) is 8.13. The number of amides is 1. The third kappa shape index (κ3) is 6.18. The lowest BCUT2D eigenvalue weighted by Gasteiger charge is -2.23. The van der Waals surface area contributed by atoms with E-state index in [0.29, 0.717) is 28.1 Å². The van der Waals surface area contributed by atoms with Gasteiger partial charge in [-0.1, -0.05) is 35.9 Å². The van der Waals surface area contributed by atoms with Crippen LogP contribution in [0.3, 0.4) is 0 Å². The number of rotatable bonds is 7. The second kappa shape index (κ2) is 11.9. The number of nitrogens with zero attached hydrogens (tertiary/aromatic N) is 3. The van der Waals surface area contributed by atoms with E-state index in [2.05, 4.69) is 60.6 Å². The Hall–Kier alpha value is -3.27. The molecule has 0 radical (unpaired) electrons. The average Bonchev–Trinajstić information content (AvgIpc) is 3.38. The smallest absolute Gasteiger partial charge is 0.252 e. The highest BCUT2D eigenvalue weighted by atomic mass is 35.5. The zero-order valence-electron chi connectivity index (χ0n) is 20.5. The minimum atomic E-state index is -0.190. The molecule has 2 aromatic heterocycles. The topological polar surface area (TPSA) is 94.2 Å². The van der Waals surface area contributed by atoms with Crippen LogP contribution in [0, 0.1) is 0 Å². The highest BCUT2D eigenvalue weighted by Crippen LogP contribution is 2.32. The molecule has 192 valence electrons. The second-order valence-electron chi connectivity index (χ2n) is 9.29. The number of carbonyl (C=O) groups is 1. The summed E-state index contributed by atoms with van der Waals surface area (Å²) in [6.45, 7) is 3.65. The number of nitrogens with one attached hydrogen (secondary N) is 4. The molecular weight excluding hydrogens is 506 g/mol. The van der Waals surface area contributed by atoms with Gasteiger partial charge in [-0.3, -0.25) is 20.6 Å². The number of hydrogen-bond acceptors (Lipinski definition) is 6. The van der Waals surface area contributed by atoms with Crippen molar-refractivity contribution < 1.29 is 4.79 Å². The van der Waals surface area contributed by atoms with Crippen molar-refractivity contribution >= 4 is 40.7 Å². The van der Waals surface area contributed by atoms with Crippen LogP contribution in [-0.2, 0) is 12.8 Å². The van der Waals surface area contributed by atoms with Crippen molar-refractivity contribution in [2.24, 2.45) is 0 Å². The molecule has 1 aromatic carbocycles. The number of aromatic nitrogens is 2. The van der Waals surface area contributed by atoms with Crippen LogP contribution < -0.4 is 21.5 Å². The van der Waals surface area contributed by atoms with Crippen LogP contribution in [0.4, 0.5) is 5.82 Å². The van der Waals surface area contributed by atoms with Crippen LogP contribution in [0.15, 0.2) is 55.0 Å². The number of likely N-dealkylation sites (tertiary alicyclic amines) is 1. The maximum absolute atomic E-state index is 12.5. The first-order valence-corrected chi connectivity index (χ1v) is 13.4. The summed E-state index contributed by atoms with van der Waals surface area (Å²) < 4.78 is 0. The molecule has 1 aliphatic carbocycles. The third-order valence-corrected chi connectivity index (χ3v) is 7.38. The van der Waals surface area contributed by atoms with Crippen molar-refractivity contribution in [3.05, 3.63) is 87.8 Å². The largest absolute Gasteiger partial charge is 0.351 e. The van der Waals surface area contributed by atoms with Crippen LogP contribution in [0.2, 0.25) is 5.02 Å². The number of halogens is 1. The number of hydrazine groups is 1. The van der Waals surface area contributed by atoms with Crippen molar-refractivity contribution in [1.82, 2.24) is 30.9 Å². The van der Waals surface area contributed by atoms with Gasteiger partial charge in [-0.15, -0.1) is 0 Å². The molecule has 0 bridgehead atoms. The normalized spacial score (nSPS) is 16.7. The first-order valence-electron chi connectivity index (χ1n) is 12.6. The lowest BCUT2D eigenvalue weighted by Crippen LogP contribution is -2.41. The SMILES string of the molecule is O=C(NCCN1CCCC1)c1cnc(NNC(=S)NC2c3ccccc3CCc3ccncc32)c(Cl)c1. The predicted octanol–water partition coefficient (Wildman–Crippen LogP) is 3.63. The molecule has 8 nitrogen and oxygen atoms in total. The number of fused-ring (bicyclic) bond motifs is 2. The molecule has 37 heavy (non-hydrogen) atoms. The summed E-state index contributed by atoms with van der Waals surface area (Å²) in [7, 11) is 0. The predicted molar refractivity (Wildman–Crippen MR) is 150 cm³/mol. The molecule has 1 aliphatic heterocycles. The van der Waals surface area contributed by atoms with Crippen molar-refractivity contribution in [1.29, 1.82) is 0 Å². The van der Waals surface area contributed by atoms with Gasteiger partial charge in [0.25, 0.3) is 5.91 Å². The van der Waals surface area contributed by atoms with Crippen molar-refractivity contribution in [2.45, 2.75) is 31.7 Å². The summed E-state index contributed by atoms with van der Waals surface area (Å²) in [5.41, 5.74) is 11.2. The Labute approximate surface area is 227 Å². The summed E-state index contributed by atoms with van der Waals surface area (Å²) in [6, 6.07) is 11.9. The molecule has 1 unspecified atom stereocenters. The second-order valence-corrected chi connectivity index (χ2v) is 10.1. The molecule has 4 N–H and O–H groups in total. The minimum absolute atomic E-state index is 0.140. The lowest BCUT2D eigenvalue weighted by molar-refractivity contribution is 0.0949. The van der Waals surface area contributed by atoms with E-state index >= 15 is 0 Å². The van der Waals surface area contributed by atoms with Gasteiger partial charge in [0.2, 0.25) is 0 Å². The van der Waals surface area contributed by atoms with Gasteiger partial charge in [-0.2, -0.15) is 0 Å². The van der Waals surface area contributed by atoms with Gasteiger partial charge in [0.1, 0.15) is 0 Å². The van der Waals surface area contributed by atoms with Gasteiger partial charge in [-0.05, 0) is 79.8 Å². The van der Waals surface area contributed by atoms with Gasteiger partial charge in [0, 0.05) is 37.2 Å². The van der Waals surface area contributed by atoms with Crippen LogP contribution in [0.25, 0.3) is 0 Å². The molecule has 5 rings (SSSR count). The fraction of sp³-hybridized carbons (Fsp3) is 0.333. The van der Waals surface area contributed by atoms with Crippen LogP contribution in [0.5, 0.6) is 0 Å². The third-order valence-electron chi connectivity index (χ3n) is 6.87. The van der Waals surface area contributed by atoms with Crippen molar-refractivity contribution in [3.63, 3.8) is 0 Å². The fourth-order valence-corrected chi connectivity index (χ4v) is 5.31. The van der Waals surface area contributed by atoms with Gasteiger partial charge in [-0.25, -0.2) is 4.98 Å². The van der Waals surface area contributed by atoms with E-state index in [4.69, 9.17) is 23.8 Å². The number of carbonyl (C=O) groups excluding carboxylic acids is 1. The number of benzene rings is 1. The van der Waals surface area contributed by atoms with E-state index in [1.54, 1.807) is 6.07 Å². The van der Waals surface area contributed by atoms with Gasteiger partial charge in [0.15, 0.2) is 10.9 Å². The number of anilines is 1. The molecule has 2 aliphatic rings. The number of aryl methyl sites for hydroxylation is 2. The summed E-state index contributed by atoms with van der Waals surface area (Å²) in [6.07, 6.45) is 9.60. The van der Waals surface area contributed by atoms with Crippen molar-refractivity contribution in [2.75, 3.05) is 31.6 Å². The number of pyridine rings is 2. The van der Waals surface area contributed by atoms with Crippen LogP contribution in [-0.4, -0.2) is 52.1 Å². The summed E-state index contributed by atoms with van der Waals surface area (Å²) in [4.78, 5) is 23.5. The lowest BCUT2D eigenvalue weighted by atomic mass is 9.96. The standard InChI is InChI=1S/C27H30ClN7OS/c28-23-15-20(26(36)30-11-14-35-12-3-4-13-35)16-31-25(23)33-34-27(37)32-24-21-6-2-1-5-18(21)7-8-19-9-10-29-17-22(19)24/h1-2,5-6,9-10,15-17,24H,3-4,7-8,11-14H2,(H,30,36)(H,31,33)(H2,32,34,37). The summed E-state index contributed by atoms with van der Waals surface area (Å²) in [5, 5.41) is 7.06. The van der Waals surface area contributed by atoms with E-state index in [0.717, 1.165) is 38.0 Å². The van der Waals surface area contributed by atoms with Gasteiger partial charge >= 0.3 is 0 Å². The first kappa shape index (κ1) is 25.4. The Morgan fingerprint density at radius 1 is 1.08 bits per heavy atom. The van der Waals surface area contributed by atoms with Gasteiger partial charge in [0.05, 0.1) is 16.6 Å². The molecule has 1 fully saturated rings. The van der Waals surface area contributed by atoms with E-state index < -0.39 is 0 Å². The monoisotopic (exact) mass is 535 g/mol. The van der Waals surface area contributed by atoms with Crippen molar-refractivity contribution in [3.8, 4) is 0 Å². The molecule has 0 spiro atoms. The Morgan fingerprint density at radius 3 is 2.68 bits per heavy atom. The highest BCUT2D eigenvalue weighted by Gasteiger charge is 2.24. The summed E-state index contributed by atoms with van der Waals surface area (Å²) >= 11 is 12.0. The van der Waals surface area contributed by atoms with Crippen LogP contribution in [0.1, 0.15) is 51.5 Å². The maximum Gasteiger partial charge on any atom is 0.252 e. The molecule has 3 heterocycles. The van der Waals surface area contributed by atoms with E-state index in [1.165, 1.54) is 35.7 Å². The summed E-state index contributed by atoms with van der Waals surface area (Å²) in [5.74, 6) is 0.187. The molecule has 0 saturated carbocycles. The Balaban J connectivity index is 1.19. The molecule has 1 atom stereocenters. The van der Waals surface area contributed by atoms with Gasteiger partial charge < -0.3 is 15.5 Å². The number of thiocarbonyl (C=S) groups is 1. The molecular formula is C27H30ClN7OS. The van der Waals surface area contributed by atoms with E-state index in [-0.39, 0.29) is 11.9 Å². The highest BCUT2D eigenvalue weighted by molar-refractivity contribution is 7.80. The fourth-order valence-electron chi connectivity index (χ4n) is 4.93. The molecule has 1 amide bonds. The number of hydrogen-bond donors (Lipinski definition) is 4. The quantitative estimate of drug-likeness (QED) is 0.269. The zero-order chi connectivity index (χ0) is 25.6. The first-order chi connectivity index (χ1) is 18.1. The maximum atomic E-state index is 12.5. The molecule has 10 heteroatoms. The molecule has 3 aromatic rings.